The fourth-order valence-electron chi connectivity index (χ4n) is 2.68. The summed E-state index contributed by atoms with van der Waals surface area (Å²) < 4.78 is 5.32. The van der Waals surface area contributed by atoms with Crippen molar-refractivity contribution in [3.63, 3.8) is 0 Å². The zero-order valence-corrected chi connectivity index (χ0v) is 14.7. The molecule has 0 unspecified atom stereocenters. The van der Waals surface area contributed by atoms with Crippen molar-refractivity contribution in [2.24, 2.45) is 0 Å². The van der Waals surface area contributed by atoms with Crippen molar-refractivity contribution >= 4 is 11.6 Å². The predicted octanol–water partition coefficient (Wildman–Crippen LogP) is 3.85. The topological polar surface area (TPSA) is 41.6 Å². The number of hydrogen-bond acceptors (Lipinski definition) is 3. The Morgan fingerprint density at radius 3 is 2.58 bits per heavy atom. The maximum Gasteiger partial charge on any atom is 0.238 e. The summed E-state index contributed by atoms with van der Waals surface area (Å²) in [6.07, 6.45) is 1.01. The molecule has 0 saturated heterocycles. The van der Waals surface area contributed by atoms with Crippen LogP contribution in [0.5, 0.6) is 5.75 Å². The number of hydrogen-bond donors (Lipinski definition) is 1. The SMILES string of the molecule is CCCN(CC(=O)Nc1cc(C)ccc1OC)Cc1ccccc1. The van der Waals surface area contributed by atoms with Crippen LogP contribution < -0.4 is 10.1 Å². The van der Waals surface area contributed by atoms with Crippen LogP contribution in [0.15, 0.2) is 48.5 Å². The molecule has 2 aromatic rings. The molecule has 128 valence electrons. The first-order valence-electron chi connectivity index (χ1n) is 8.33. The molecule has 1 N–H and O–H groups in total. The van der Waals surface area contributed by atoms with Gasteiger partial charge in [-0.3, -0.25) is 9.69 Å². The van der Waals surface area contributed by atoms with Gasteiger partial charge < -0.3 is 10.1 Å². The van der Waals surface area contributed by atoms with Crippen LogP contribution in [0, 0.1) is 6.92 Å². The van der Waals surface area contributed by atoms with Crippen LogP contribution >= 0.6 is 0 Å². The highest BCUT2D eigenvalue weighted by atomic mass is 16.5. The molecule has 0 spiro atoms. The molecule has 0 aromatic heterocycles. The first-order chi connectivity index (χ1) is 11.6. The molecular weight excluding hydrogens is 300 g/mol. The number of nitrogens with zero attached hydrogens (tertiary/aromatic N) is 1. The van der Waals surface area contributed by atoms with Crippen molar-refractivity contribution < 1.29 is 9.53 Å². The average molecular weight is 326 g/mol. The van der Waals surface area contributed by atoms with Crippen molar-refractivity contribution in [1.29, 1.82) is 0 Å². The van der Waals surface area contributed by atoms with E-state index in [1.165, 1.54) is 5.56 Å². The van der Waals surface area contributed by atoms with Gasteiger partial charge >= 0.3 is 0 Å². The monoisotopic (exact) mass is 326 g/mol. The van der Waals surface area contributed by atoms with E-state index in [2.05, 4.69) is 29.3 Å². The van der Waals surface area contributed by atoms with Gasteiger partial charge in [0, 0.05) is 6.54 Å². The molecule has 4 nitrogen and oxygen atoms in total. The molecule has 0 bridgehead atoms. The lowest BCUT2D eigenvalue weighted by Crippen LogP contribution is -2.33. The summed E-state index contributed by atoms with van der Waals surface area (Å²) in [4.78, 5) is 14.6. The van der Waals surface area contributed by atoms with Gasteiger partial charge in [0.1, 0.15) is 5.75 Å². The Bertz CT molecular complexity index is 656. The van der Waals surface area contributed by atoms with E-state index in [1.807, 2.05) is 43.3 Å². The summed E-state index contributed by atoms with van der Waals surface area (Å²) in [7, 11) is 1.61. The Hall–Kier alpha value is -2.33. The van der Waals surface area contributed by atoms with Crippen LogP contribution in [0.3, 0.4) is 0 Å². The van der Waals surface area contributed by atoms with Gasteiger partial charge in [-0.05, 0) is 43.1 Å². The highest BCUT2D eigenvalue weighted by Crippen LogP contribution is 2.25. The largest absolute Gasteiger partial charge is 0.495 e. The number of benzene rings is 2. The van der Waals surface area contributed by atoms with Gasteiger partial charge in [0.25, 0.3) is 0 Å². The van der Waals surface area contributed by atoms with Crippen molar-refractivity contribution in [2.45, 2.75) is 26.8 Å². The third kappa shape index (κ3) is 5.39. The Kier molecular flexibility index (Phi) is 6.82. The van der Waals surface area contributed by atoms with Crippen LogP contribution in [0.4, 0.5) is 5.69 Å². The molecule has 24 heavy (non-hydrogen) atoms. The fraction of sp³-hybridized carbons (Fsp3) is 0.350. The number of anilines is 1. The van der Waals surface area contributed by atoms with Crippen LogP contribution in [-0.4, -0.2) is 31.0 Å². The summed E-state index contributed by atoms with van der Waals surface area (Å²) >= 11 is 0. The van der Waals surface area contributed by atoms with E-state index in [4.69, 9.17) is 4.74 Å². The highest BCUT2D eigenvalue weighted by molar-refractivity contribution is 5.93. The number of rotatable bonds is 8. The smallest absolute Gasteiger partial charge is 0.238 e. The predicted molar refractivity (Wildman–Crippen MR) is 98.4 cm³/mol. The minimum atomic E-state index is -0.0247. The van der Waals surface area contributed by atoms with Crippen molar-refractivity contribution in [1.82, 2.24) is 4.90 Å². The second kappa shape index (κ2) is 9.08. The minimum absolute atomic E-state index is 0.0247. The number of amides is 1. The summed E-state index contributed by atoms with van der Waals surface area (Å²) in [5.74, 6) is 0.655. The van der Waals surface area contributed by atoms with E-state index in [9.17, 15) is 4.79 Å². The molecule has 0 aliphatic heterocycles. The summed E-state index contributed by atoms with van der Waals surface area (Å²) in [5, 5.41) is 2.97. The summed E-state index contributed by atoms with van der Waals surface area (Å²) in [5.41, 5.74) is 3.02. The Morgan fingerprint density at radius 2 is 1.92 bits per heavy atom. The molecular formula is C20H26N2O2. The molecule has 0 radical (unpaired) electrons. The van der Waals surface area contributed by atoms with E-state index >= 15 is 0 Å². The second-order valence-corrected chi connectivity index (χ2v) is 5.95. The molecule has 1 amide bonds. The molecule has 0 saturated carbocycles. The molecule has 0 atom stereocenters. The van der Waals surface area contributed by atoms with E-state index in [0.717, 1.165) is 30.8 Å². The first-order valence-corrected chi connectivity index (χ1v) is 8.33. The van der Waals surface area contributed by atoms with Crippen molar-refractivity contribution in [3.05, 3.63) is 59.7 Å². The summed E-state index contributed by atoms with van der Waals surface area (Å²) in [6.45, 7) is 6.13. The summed E-state index contributed by atoms with van der Waals surface area (Å²) in [6, 6.07) is 16.0. The minimum Gasteiger partial charge on any atom is -0.495 e. The molecule has 0 heterocycles. The van der Waals surface area contributed by atoms with Crippen molar-refractivity contribution in [2.75, 3.05) is 25.5 Å². The van der Waals surface area contributed by atoms with Gasteiger partial charge in [0.05, 0.1) is 19.3 Å². The van der Waals surface area contributed by atoms with Gasteiger partial charge in [0.15, 0.2) is 0 Å². The van der Waals surface area contributed by atoms with Crippen molar-refractivity contribution in [3.8, 4) is 5.75 Å². The number of carbonyl (C=O) groups is 1. The van der Waals surface area contributed by atoms with Gasteiger partial charge in [0.2, 0.25) is 5.91 Å². The molecule has 0 fully saturated rings. The van der Waals surface area contributed by atoms with Crippen LogP contribution in [0.1, 0.15) is 24.5 Å². The maximum atomic E-state index is 12.5. The number of nitrogens with one attached hydrogen (secondary N) is 1. The normalized spacial score (nSPS) is 10.7. The quantitative estimate of drug-likeness (QED) is 0.801. The molecule has 4 heteroatoms. The Morgan fingerprint density at radius 1 is 1.17 bits per heavy atom. The van der Waals surface area contributed by atoms with Gasteiger partial charge in [-0.25, -0.2) is 0 Å². The molecule has 2 rings (SSSR count). The van der Waals surface area contributed by atoms with E-state index in [1.54, 1.807) is 7.11 Å². The van der Waals surface area contributed by atoms with Gasteiger partial charge in [-0.2, -0.15) is 0 Å². The lowest BCUT2D eigenvalue weighted by Gasteiger charge is -2.21. The lowest BCUT2D eigenvalue weighted by atomic mass is 10.2. The standard InChI is InChI=1S/C20H26N2O2/c1-4-12-22(14-17-8-6-5-7-9-17)15-20(23)21-18-13-16(2)10-11-19(18)24-3/h5-11,13H,4,12,14-15H2,1-3H3,(H,21,23). The van der Waals surface area contributed by atoms with Gasteiger partial charge in [-0.1, -0.05) is 43.3 Å². The zero-order valence-electron chi connectivity index (χ0n) is 14.7. The Balaban J connectivity index is 2.01. The molecule has 0 aliphatic rings. The lowest BCUT2D eigenvalue weighted by molar-refractivity contribution is -0.117. The van der Waals surface area contributed by atoms with E-state index in [-0.39, 0.29) is 5.91 Å². The second-order valence-electron chi connectivity index (χ2n) is 5.95. The number of aryl methyl sites for hydroxylation is 1. The average Bonchev–Trinajstić information content (AvgIpc) is 2.56. The molecule has 2 aromatic carbocycles. The van der Waals surface area contributed by atoms with Crippen LogP contribution in [-0.2, 0) is 11.3 Å². The van der Waals surface area contributed by atoms with Gasteiger partial charge in [-0.15, -0.1) is 0 Å². The number of methoxy groups -OCH3 is 1. The third-order valence-electron chi connectivity index (χ3n) is 3.79. The highest BCUT2D eigenvalue weighted by Gasteiger charge is 2.13. The van der Waals surface area contributed by atoms with Crippen LogP contribution in [0.2, 0.25) is 0 Å². The maximum absolute atomic E-state index is 12.5. The van der Waals surface area contributed by atoms with E-state index < -0.39 is 0 Å². The third-order valence-corrected chi connectivity index (χ3v) is 3.79. The first kappa shape index (κ1) is 18.0. The fourth-order valence-corrected chi connectivity index (χ4v) is 2.68. The Labute approximate surface area is 144 Å². The number of ether oxygens (including phenoxy) is 1. The van der Waals surface area contributed by atoms with Crippen LogP contribution in [0.25, 0.3) is 0 Å². The number of carbonyl (C=O) groups excluding carboxylic acids is 1. The van der Waals surface area contributed by atoms with E-state index in [0.29, 0.717) is 12.3 Å². The molecule has 0 aliphatic carbocycles. The zero-order chi connectivity index (χ0) is 17.4.